The molecule has 0 aliphatic carbocycles. The van der Waals surface area contributed by atoms with Gasteiger partial charge in [-0.3, -0.25) is 9.11 Å². The van der Waals surface area contributed by atoms with E-state index in [0.29, 0.717) is 6.04 Å². The van der Waals surface area contributed by atoms with Gasteiger partial charge in [-0.2, -0.15) is 8.42 Å². The molecule has 1 aromatic rings. The van der Waals surface area contributed by atoms with E-state index in [2.05, 4.69) is 36.5 Å². The molecule has 1 atom stereocenters. The van der Waals surface area contributed by atoms with Gasteiger partial charge in [0.1, 0.15) is 0 Å². The van der Waals surface area contributed by atoms with Crippen molar-refractivity contribution in [2.24, 2.45) is 0 Å². The first-order valence-corrected chi connectivity index (χ1v) is 6.13. The summed E-state index contributed by atoms with van der Waals surface area (Å²) in [6.45, 7) is 2.19. The van der Waals surface area contributed by atoms with Gasteiger partial charge in [-0.15, -0.1) is 0 Å². The standard InChI is InChI=1S/C10H15N.H2O4S/c1-9(11-2)8-10-6-4-3-5-7-10;1-5(2,3)4/h3-7,9,11H,8H2,1-2H3;(H2,1,2,3,4)/t9-;/m1./s1. The van der Waals surface area contributed by atoms with Crippen LogP contribution in [0.3, 0.4) is 0 Å². The van der Waals surface area contributed by atoms with E-state index in [0.717, 1.165) is 6.42 Å². The molecule has 0 spiro atoms. The van der Waals surface area contributed by atoms with Crippen molar-refractivity contribution in [3.63, 3.8) is 0 Å². The highest BCUT2D eigenvalue weighted by Gasteiger charge is 1.97. The second-order valence-corrected chi connectivity index (χ2v) is 4.22. The number of hydrogen-bond donors (Lipinski definition) is 3. The normalized spacial score (nSPS) is 12.5. The lowest BCUT2D eigenvalue weighted by molar-refractivity contribution is 0.381. The van der Waals surface area contributed by atoms with Gasteiger partial charge in [-0.05, 0) is 26.0 Å². The minimum Gasteiger partial charge on any atom is -0.317 e. The van der Waals surface area contributed by atoms with E-state index in [1.165, 1.54) is 5.56 Å². The van der Waals surface area contributed by atoms with Gasteiger partial charge in [0, 0.05) is 6.04 Å². The molecule has 0 saturated heterocycles. The van der Waals surface area contributed by atoms with Crippen molar-refractivity contribution < 1.29 is 17.5 Å². The lowest BCUT2D eigenvalue weighted by Gasteiger charge is -2.08. The Bertz CT molecular complexity index is 369. The first kappa shape index (κ1) is 15.0. The van der Waals surface area contributed by atoms with Crippen LogP contribution in [0.5, 0.6) is 0 Å². The highest BCUT2D eigenvalue weighted by Crippen LogP contribution is 2.01. The van der Waals surface area contributed by atoms with Crippen LogP contribution in [-0.4, -0.2) is 30.6 Å². The highest BCUT2D eigenvalue weighted by molar-refractivity contribution is 7.79. The Morgan fingerprint density at radius 1 is 1.25 bits per heavy atom. The zero-order chi connectivity index (χ0) is 12.6. The molecule has 0 saturated carbocycles. The van der Waals surface area contributed by atoms with Crippen molar-refractivity contribution >= 4 is 10.4 Å². The minimum absolute atomic E-state index is 0.567. The largest absolute Gasteiger partial charge is 0.394 e. The summed E-state index contributed by atoms with van der Waals surface area (Å²) in [5, 5.41) is 3.21. The fourth-order valence-corrected chi connectivity index (χ4v) is 1.07. The zero-order valence-corrected chi connectivity index (χ0v) is 10.1. The second kappa shape index (κ2) is 7.34. The Morgan fingerprint density at radius 3 is 2.06 bits per heavy atom. The van der Waals surface area contributed by atoms with Crippen LogP contribution >= 0.6 is 0 Å². The predicted octanol–water partition coefficient (Wildman–Crippen LogP) is 1.18. The zero-order valence-electron chi connectivity index (χ0n) is 9.29. The summed E-state index contributed by atoms with van der Waals surface area (Å²) in [7, 11) is -2.67. The van der Waals surface area contributed by atoms with Gasteiger partial charge in [-0.1, -0.05) is 30.3 Å². The van der Waals surface area contributed by atoms with Gasteiger partial charge < -0.3 is 5.32 Å². The molecule has 1 aromatic carbocycles. The van der Waals surface area contributed by atoms with E-state index in [1.807, 2.05) is 13.1 Å². The Balaban J connectivity index is 0.000000385. The lowest BCUT2D eigenvalue weighted by atomic mass is 10.1. The first-order chi connectivity index (χ1) is 7.33. The first-order valence-electron chi connectivity index (χ1n) is 4.74. The average molecular weight is 247 g/mol. The lowest BCUT2D eigenvalue weighted by Crippen LogP contribution is -2.23. The van der Waals surface area contributed by atoms with Crippen LogP contribution in [0.25, 0.3) is 0 Å². The summed E-state index contributed by atoms with van der Waals surface area (Å²) in [5.41, 5.74) is 1.40. The maximum Gasteiger partial charge on any atom is 0.394 e. The van der Waals surface area contributed by atoms with Crippen LogP contribution < -0.4 is 5.32 Å². The summed E-state index contributed by atoms with van der Waals surface area (Å²) in [6.07, 6.45) is 1.11. The molecule has 0 amide bonds. The van der Waals surface area contributed by atoms with Gasteiger partial charge in [0.05, 0.1) is 0 Å². The van der Waals surface area contributed by atoms with Gasteiger partial charge in [0.15, 0.2) is 0 Å². The van der Waals surface area contributed by atoms with Crippen LogP contribution in [0.2, 0.25) is 0 Å². The Morgan fingerprint density at radius 2 is 1.69 bits per heavy atom. The fourth-order valence-electron chi connectivity index (χ4n) is 1.07. The number of likely N-dealkylation sites (N-methyl/N-ethyl adjacent to an activating group) is 1. The molecule has 0 heterocycles. The van der Waals surface area contributed by atoms with E-state index in [-0.39, 0.29) is 0 Å². The van der Waals surface area contributed by atoms with E-state index < -0.39 is 10.4 Å². The molecule has 0 radical (unpaired) electrons. The molecule has 1 rings (SSSR count). The molecule has 0 unspecified atom stereocenters. The van der Waals surface area contributed by atoms with Crippen LogP contribution in [-0.2, 0) is 16.8 Å². The molecule has 3 N–H and O–H groups in total. The number of nitrogens with one attached hydrogen (secondary N) is 1. The third kappa shape index (κ3) is 11.1. The molecule has 0 fully saturated rings. The van der Waals surface area contributed by atoms with Crippen molar-refractivity contribution in [1.29, 1.82) is 0 Å². The van der Waals surface area contributed by atoms with Crippen molar-refractivity contribution in [2.45, 2.75) is 19.4 Å². The van der Waals surface area contributed by atoms with Gasteiger partial charge in [-0.25, -0.2) is 0 Å². The Kier molecular flexibility index (Phi) is 6.91. The Hall–Kier alpha value is -0.950. The highest BCUT2D eigenvalue weighted by atomic mass is 32.3. The average Bonchev–Trinajstić information content (AvgIpc) is 2.16. The van der Waals surface area contributed by atoms with Gasteiger partial charge >= 0.3 is 10.4 Å². The van der Waals surface area contributed by atoms with E-state index >= 15 is 0 Å². The molecule has 0 aliphatic rings. The van der Waals surface area contributed by atoms with Crippen molar-refractivity contribution in [2.75, 3.05) is 7.05 Å². The van der Waals surface area contributed by atoms with Crippen molar-refractivity contribution in [3.05, 3.63) is 35.9 Å². The molecule has 0 bridgehead atoms. The van der Waals surface area contributed by atoms with Crippen LogP contribution in [0.15, 0.2) is 30.3 Å². The molecule has 6 heteroatoms. The SMILES string of the molecule is CN[C@H](C)Cc1ccccc1.O=S(=O)(O)O. The predicted molar refractivity (Wildman–Crippen MR) is 62.8 cm³/mol. The quantitative estimate of drug-likeness (QED) is 0.698. The third-order valence-electron chi connectivity index (χ3n) is 1.88. The van der Waals surface area contributed by atoms with Crippen LogP contribution in [0, 0.1) is 0 Å². The number of rotatable bonds is 3. The third-order valence-corrected chi connectivity index (χ3v) is 1.88. The van der Waals surface area contributed by atoms with Crippen LogP contribution in [0.4, 0.5) is 0 Å². The van der Waals surface area contributed by atoms with E-state index in [4.69, 9.17) is 17.5 Å². The second-order valence-electron chi connectivity index (χ2n) is 3.33. The fraction of sp³-hybridized carbons (Fsp3) is 0.400. The van der Waals surface area contributed by atoms with Gasteiger partial charge in [0.25, 0.3) is 0 Å². The minimum atomic E-state index is -4.67. The monoisotopic (exact) mass is 247 g/mol. The smallest absolute Gasteiger partial charge is 0.317 e. The van der Waals surface area contributed by atoms with Crippen molar-refractivity contribution in [1.82, 2.24) is 5.32 Å². The maximum absolute atomic E-state index is 8.74. The topological polar surface area (TPSA) is 86.6 Å². The summed E-state index contributed by atoms with van der Waals surface area (Å²) in [4.78, 5) is 0. The Labute approximate surface area is 96.1 Å². The number of hydrogen-bond acceptors (Lipinski definition) is 3. The summed E-state index contributed by atoms with van der Waals surface area (Å²) in [6, 6.07) is 11.1. The molecular weight excluding hydrogens is 230 g/mol. The molecule has 5 nitrogen and oxygen atoms in total. The summed E-state index contributed by atoms with van der Waals surface area (Å²) in [5.74, 6) is 0. The van der Waals surface area contributed by atoms with E-state index in [9.17, 15) is 0 Å². The summed E-state index contributed by atoms with van der Waals surface area (Å²) >= 11 is 0. The molecule has 16 heavy (non-hydrogen) atoms. The van der Waals surface area contributed by atoms with Crippen molar-refractivity contribution in [3.8, 4) is 0 Å². The van der Waals surface area contributed by atoms with Crippen LogP contribution in [0.1, 0.15) is 12.5 Å². The molecule has 92 valence electrons. The van der Waals surface area contributed by atoms with E-state index in [1.54, 1.807) is 0 Å². The molecular formula is C10H17NO4S. The number of benzene rings is 1. The maximum atomic E-state index is 8.74. The summed E-state index contributed by atoms with van der Waals surface area (Å²) < 4.78 is 31.6. The molecule has 0 aromatic heterocycles. The van der Waals surface area contributed by atoms with Gasteiger partial charge in [0.2, 0.25) is 0 Å². The molecule has 0 aliphatic heterocycles.